The minimum Gasteiger partial charge on any atom is -0.409 e. The molecule has 0 atom stereocenters. The Labute approximate surface area is 92.9 Å². The molecule has 0 radical (unpaired) electrons. The number of rotatable bonds is 4. The fourth-order valence-electron chi connectivity index (χ4n) is 1.21. The van der Waals surface area contributed by atoms with Crippen LogP contribution in [0.5, 0.6) is 0 Å². The lowest BCUT2D eigenvalue weighted by Crippen LogP contribution is -2.30. The van der Waals surface area contributed by atoms with Gasteiger partial charge in [0.15, 0.2) is 0 Å². The first kappa shape index (κ1) is 12.0. The van der Waals surface area contributed by atoms with Gasteiger partial charge in [0, 0.05) is 25.7 Å². The van der Waals surface area contributed by atoms with Gasteiger partial charge in [-0.15, -0.1) is 0 Å². The number of nitrogens with one attached hydrogen (secondary N) is 1. The van der Waals surface area contributed by atoms with E-state index in [0.717, 1.165) is 5.69 Å². The van der Waals surface area contributed by atoms with Crippen LogP contribution in [0, 0.1) is 6.92 Å². The molecule has 1 amide bonds. The third-order valence-electron chi connectivity index (χ3n) is 2.24. The molecule has 0 bridgehead atoms. The predicted molar refractivity (Wildman–Crippen MR) is 58.3 cm³/mol. The number of aromatic amines is 1. The second-order valence-electron chi connectivity index (χ2n) is 3.48. The van der Waals surface area contributed by atoms with Crippen molar-refractivity contribution in [2.24, 2.45) is 10.9 Å². The average Bonchev–Trinajstić information content (AvgIpc) is 2.70. The number of aryl methyl sites for hydroxylation is 1. The van der Waals surface area contributed by atoms with E-state index < -0.39 is 0 Å². The summed E-state index contributed by atoms with van der Waals surface area (Å²) in [6.07, 6.45) is 1.81. The van der Waals surface area contributed by atoms with Gasteiger partial charge in [-0.25, -0.2) is 0 Å². The van der Waals surface area contributed by atoms with E-state index in [2.05, 4.69) is 15.4 Å². The lowest BCUT2D eigenvalue weighted by molar-refractivity contribution is 0.0798. The summed E-state index contributed by atoms with van der Waals surface area (Å²) in [5, 5.41) is 17.7. The maximum atomic E-state index is 11.9. The fourth-order valence-corrected chi connectivity index (χ4v) is 1.21. The molecular weight excluding hydrogens is 210 g/mol. The first-order chi connectivity index (χ1) is 7.56. The Morgan fingerprint density at radius 3 is 2.94 bits per heavy atom. The number of nitrogens with two attached hydrogens (primary N) is 1. The smallest absolute Gasteiger partial charge is 0.257 e. The predicted octanol–water partition coefficient (Wildman–Crippen LogP) is -0.0734. The van der Waals surface area contributed by atoms with Crippen LogP contribution in [0.2, 0.25) is 0 Å². The molecule has 7 heteroatoms. The maximum absolute atomic E-state index is 11.9. The molecular formula is C9H15N5O2. The Bertz CT molecular complexity index is 398. The fraction of sp³-hybridized carbons (Fsp3) is 0.444. The molecule has 88 valence electrons. The van der Waals surface area contributed by atoms with E-state index in [1.165, 1.54) is 11.1 Å². The summed E-state index contributed by atoms with van der Waals surface area (Å²) in [7, 11) is 1.65. The number of hydrogen-bond acceptors (Lipinski definition) is 4. The average molecular weight is 225 g/mol. The van der Waals surface area contributed by atoms with Crippen LogP contribution in [0.4, 0.5) is 0 Å². The quantitative estimate of drug-likeness (QED) is 0.288. The van der Waals surface area contributed by atoms with E-state index >= 15 is 0 Å². The first-order valence-corrected chi connectivity index (χ1v) is 4.78. The summed E-state index contributed by atoms with van der Waals surface area (Å²) >= 11 is 0. The zero-order chi connectivity index (χ0) is 12.1. The number of H-pyrrole nitrogens is 1. The van der Waals surface area contributed by atoms with Crippen molar-refractivity contribution in [1.29, 1.82) is 0 Å². The van der Waals surface area contributed by atoms with Crippen LogP contribution in [0.25, 0.3) is 0 Å². The van der Waals surface area contributed by atoms with E-state index in [9.17, 15) is 4.79 Å². The Morgan fingerprint density at radius 1 is 1.75 bits per heavy atom. The van der Waals surface area contributed by atoms with Crippen LogP contribution in [0.3, 0.4) is 0 Å². The molecule has 7 nitrogen and oxygen atoms in total. The number of nitrogens with zero attached hydrogens (tertiary/aromatic N) is 3. The van der Waals surface area contributed by atoms with Crippen molar-refractivity contribution in [1.82, 2.24) is 15.1 Å². The lowest BCUT2D eigenvalue weighted by Gasteiger charge is -2.15. The van der Waals surface area contributed by atoms with Crippen LogP contribution in [0.15, 0.2) is 11.4 Å². The number of amides is 1. The van der Waals surface area contributed by atoms with Gasteiger partial charge < -0.3 is 15.8 Å². The number of amidine groups is 1. The number of carbonyl (C=O) groups excluding carboxylic acids is 1. The van der Waals surface area contributed by atoms with Crippen molar-refractivity contribution in [3.63, 3.8) is 0 Å². The molecule has 0 spiro atoms. The third-order valence-corrected chi connectivity index (χ3v) is 2.24. The summed E-state index contributed by atoms with van der Waals surface area (Å²) in [5.41, 5.74) is 6.57. The highest BCUT2D eigenvalue weighted by Crippen LogP contribution is 2.06. The highest BCUT2D eigenvalue weighted by atomic mass is 16.4. The van der Waals surface area contributed by atoms with Crippen LogP contribution >= 0.6 is 0 Å². The zero-order valence-corrected chi connectivity index (χ0v) is 9.27. The molecule has 0 saturated heterocycles. The van der Waals surface area contributed by atoms with Gasteiger partial charge in [0.2, 0.25) is 0 Å². The molecule has 1 heterocycles. The first-order valence-electron chi connectivity index (χ1n) is 4.78. The van der Waals surface area contributed by atoms with Gasteiger partial charge in [0.25, 0.3) is 5.91 Å². The normalized spacial score (nSPS) is 11.5. The van der Waals surface area contributed by atoms with E-state index in [0.29, 0.717) is 18.5 Å². The highest BCUT2D eigenvalue weighted by Gasteiger charge is 2.15. The van der Waals surface area contributed by atoms with Gasteiger partial charge in [-0.05, 0) is 6.92 Å². The topological polar surface area (TPSA) is 108 Å². The minimum absolute atomic E-state index is 0.101. The van der Waals surface area contributed by atoms with Crippen molar-refractivity contribution in [2.75, 3.05) is 13.6 Å². The molecule has 0 aliphatic rings. The van der Waals surface area contributed by atoms with Crippen LogP contribution in [-0.2, 0) is 0 Å². The van der Waals surface area contributed by atoms with Gasteiger partial charge in [-0.3, -0.25) is 9.89 Å². The molecule has 0 fully saturated rings. The molecule has 0 unspecified atom stereocenters. The molecule has 1 aromatic heterocycles. The van der Waals surface area contributed by atoms with Crippen molar-refractivity contribution < 1.29 is 10.0 Å². The van der Waals surface area contributed by atoms with Gasteiger partial charge >= 0.3 is 0 Å². The standard InChI is InChI=1S/C9H15N5O2/c1-6-7(5-11-12-6)9(15)14(2)4-3-8(10)13-16/h5,16H,3-4H2,1-2H3,(H2,10,13)(H,11,12). The van der Waals surface area contributed by atoms with E-state index in [1.54, 1.807) is 14.0 Å². The summed E-state index contributed by atoms with van der Waals surface area (Å²) in [4.78, 5) is 13.3. The zero-order valence-electron chi connectivity index (χ0n) is 9.27. The number of hydrogen-bond donors (Lipinski definition) is 3. The molecule has 16 heavy (non-hydrogen) atoms. The second kappa shape index (κ2) is 5.15. The monoisotopic (exact) mass is 225 g/mol. The van der Waals surface area contributed by atoms with Crippen LogP contribution < -0.4 is 5.73 Å². The molecule has 0 aliphatic heterocycles. The second-order valence-corrected chi connectivity index (χ2v) is 3.48. The largest absolute Gasteiger partial charge is 0.409 e. The molecule has 0 saturated carbocycles. The van der Waals surface area contributed by atoms with E-state index in [1.807, 2.05) is 0 Å². The highest BCUT2D eigenvalue weighted by molar-refractivity contribution is 5.95. The Hall–Kier alpha value is -2.05. The Balaban J connectivity index is 2.58. The van der Waals surface area contributed by atoms with Crippen molar-refractivity contribution in [3.8, 4) is 0 Å². The van der Waals surface area contributed by atoms with Gasteiger partial charge in [0.05, 0.1) is 11.8 Å². The summed E-state index contributed by atoms with van der Waals surface area (Å²) in [6, 6.07) is 0. The van der Waals surface area contributed by atoms with E-state index in [4.69, 9.17) is 10.9 Å². The molecule has 4 N–H and O–H groups in total. The third kappa shape index (κ3) is 2.72. The molecule has 0 aliphatic carbocycles. The Morgan fingerprint density at radius 2 is 2.44 bits per heavy atom. The Kier molecular flexibility index (Phi) is 3.87. The molecule has 0 aromatic carbocycles. The summed E-state index contributed by atoms with van der Waals surface area (Å²) in [5.74, 6) is -0.0412. The van der Waals surface area contributed by atoms with Gasteiger partial charge in [-0.2, -0.15) is 5.10 Å². The minimum atomic E-state index is -0.142. The van der Waals surface area contributed by atoms with Gasteiger partial charge in [-0.1, -0.05) is 5.16 Å². The number of carbonyl (C=O) groups is 1. The molecule has 1 aromatic rings. The van der Waals surface area contributed by atoms with Crippen LogP contribution in [-0.4, -0.2) is 45.6 Å². The van der Waals surface area contributed by atoms with Gasteiger partial charge in [0.1, 0.15) is 5.84 Å². The number of oxime groups is 1. The van der Waals surface area contributed by atoms with Crippen molar-refractivity contribution >= 4 is 11.7 Å². The van der Waals surface area contributed by atoms with Crippen LogP contribution in [0.1, 0.15) is 22.5 Å². The van der Waals surface area contributed by atoms with Crippen molar-refractivity contribution in [3.05, 3.63) is 17.5 Å². The summed E-state index contributed by atoms with van der Waals surface area (Å²) < 4.78 is 0. The maximum Gasteiger partial charge on any atom is 0.257 e. The summed E-state index contributed by atoms with van der Waals surface area (Å²) in [6.45, 7) is 2.16. The number of aromatic nitrogens is 2. The van der Waals surface area contributed by atoms with Crippen molar-refractivity contribution in [2.45, 2.75) is 13.3 Å². The van der Waals surface area contributed by atoms with E-state index in [-0.39, 0.29) is 11.7 Å². The molecule has 1 rings (SSSR count). The lowest BCUT2D eigenvalue weighted by atomic mass is 10.2. The SMILES string of the molecule is Cc1[nH]ncc1C(=O)N(C)CCC(N)=NO.